The van der Waals surface area contributed by atoms with Gasteiger partial charge in [-0.25, -0.2) is 9.37 Å². The molecule has 1 amide bonds. The van der Waals surface area contributed by atoms with Crippen molar-refractivity contribution in [1.29, 1.82) is 0 Å². The predicted molar refractivity (Wildman–Crippen MR) is 73.1 cm³/mol. The van der Waals surface area contributed by atoms with Crippen molar-refractivity contribution >= 4 is 33.3 Å². The highest BCUT2D eigenvalue weighted by molar-refractivity contribution is 7.13. The van der Waals surface area contributed by atoms with Crippen LogP contribution in [0.3, 0.4) is 0 Å². The van der Waals surface area contributed by atoms with Crippen LogP contribution in [0.15, 0.2) is 29.6 Å². The van der Waals surface area contributed by atoms with E-state index in [9.17, 15) is 9.18 Å². The first-order valence-corrected chi connectivity index (χ1v) is 6.51. The number of benzene rings is 1. The van der Waals surface area contributed by atoms with E-state index in [0.717, 1.165) is 11.2 Å². The molecule has 0 aliphatic carbocycles. The van der Waals surface area contributed by atoms with Crippen LogP contribution in [-0.4, -0.2) is 15.9 Å². The number of amides is 1. The van der Waals surface area contributed by atoms with Crippen LogP contribution in [0.4, 0.5) is 9.52 Å². The van der Waals surface area contributed by atoms with E-state index in [1.165, 1.54) is 23.5 Å². The molecule has 0 saturated heterocycles. The molecule has 19 heavy (non-hydrogen) atoms. The third-order valence-corrected chi connectivity index (χ3v) is 3.54. The lowest BCUT2D eigenvalue weighted by Gasteiger charge is -1.97. The fourth-order valence-electron chi connectivity index (χ4n) is 1.80. The number of thiazole rings is 1. The molecule has 0 saturated carbocycles. The van der Waals surface area contributed by atoms with E-state index in [4.69, 9.17) is 0 Å². The fourth-order valence-corrected chi connectivity index (χ4v) is 2.48. The van der Waals surface area contributed by atoms with Crippen molar-refractivity contribution in [2.24, 2.45) is 0 Å². The second-order valence-corrected chi connectivity index (χ2v) is 5.02. The highest BCUT2D eigenvalue weighted by Gasteiger charge is 2.11. The van der Waals surface area contributed by atoms with Crippen molar-refractivity contribution in [3.8, 4) is 0 Å². The van der Waals surface area contributed by atoms with E-state index in [-0.39, 0.29) is 11.7 Å². The van der Waals surface area contributed by atoms with Crippen molar-refractivity contribution in [2.75, 3.05) is 5.32 Å². The summed E-state index contributed by atoms with van der Waals surface area (Å²) < 4.78 is 13.1. The number of carbonyl (C=O) groups is 1. The average molecular weight is 275 g/mol. The number of carbonyl (C=O) groups excluding carboxylic acids is 1. The Labute approximate surface area is 112 Å². The summed E-state index contributed by atoms with van der Waals surface area (Å²) in [6, 6.07) is 5.96. The molecule has 2 N–H and O–H groups in total. The van der Waals surface area contributed by atoms with E-state index in [2.05, 4.69) is 15.3 Å². The van der Waals surface area contributed by atoms with Crippen molar-refractivity contribution in [2.45, 2.75) is 6.92 Å². The van der Waals surface area contributed by atoms with Gasteiger partial charge in [-0.15, -0.1) is 11.3 Å². The Balaban J connectivity index is 1.89. The lowest BCUT2D eigenvalue weighted by atomic mass is 10.2. The minimum Gasteiger partial charge on any atom is -0.351 e. The zero-order valence-corrected chi connectivity index (χ0v) is 10.8. The molecule has 3 aromatic rings. The van der Waals surface area contributed by atoms with Gasteiger partial charge in [-0.05, 0) is 31.2 Å². The second kappa shape index (κ2) is 4.47. The summed E-state index contributed by atoms with van der Waals surface area (Å²) in [5, 5.41) is 5.77. The third-order valence-electron chi connectivity index (χ3n) is 2.67. The van der Waals surface area contributed by atoms with Crippen molar-refractivity contribution in [1.82, 2.24) is 9.97 Å². The van der Waals surface area contributed by atoms with Gasteiger partial charge in [-0.2, -0.15) is 0 Å². The number of aryl methyl sites for hydroxylation is 1. The fraction of sp³-hybridized carbons (Fsp3) is 0.0769. The number of hydrogen-bond acceptors (Lipinski definition) is 3. The van der Waals surface area contributed by atoms with Gasteiger partial charge in [0.15, 0.2) is 5.13 Å². The van der Waals surface area contributed by atoms with Gasteiger partial charge < -0.3 is 4.98 Å². The lowest BCUT2D eigenvalue weighted by molar-refractivity contribution is 0.102. The lowest BCUT2D eigenvalue weighted by Crippen LogP contribution is -2.11. The van der Waals surface area contributed by atoms with Crippen molar-refractivity contribution < 1.29 is 9.18 Å². The zero-order chi connectivity index (χ0) is 13.4. The third kappa shape index (κ3) is 2.34. The zero-order valence-electron chi connectivity index (χ0n) is 10.0. The highest BCUT2D eigenvalue weighted by atomic mass is 32.1. The predicted octanol–water partition coefficient (Wildman–Crippen LogP) is 3.32. The van der Waals surface area contributed by atoms with Gasteiger partial charge in [0.1, 0.15) is 11.5 Å². The van der Waals surface area contributed by atoms with Crippen LogP contribution in [0.2, 0.25) is 0 Å². The first kappa shape index (κ1) is 11.9. The Kier molecular flexibility index (Phi) is 2.79. The number of halogens is 1. The van der Waals surface area contributed by atoms with Crippen LogP contribution in [0, 0.1) is 12.7 Å². The smallest absolute Gasteiger partial charge is 0.273 e. The molecule has 1 aromatic carbocycles. The van der Waals surface area contributed by atoms with Gasteiger partial charge in [-0.1, -0.05) is 0 Å². The topological polar surface area (TPSA) is 57.8 Å². The van der Waals surface area contributed by atoms with Crippen LogP contribution >= 0.6 is 11.3 Å². The van der Waals surface area contributed by atoms with E-state index < -0.39 is 0 Å². The molecule has 0 bridgehead atoms. The summed E-state index contributed by atoms with van der Waals surface area (Å²) in [6.45, 7) is 1.86. The number of anilines is 1. The molecule has 0 aliphatic rings. The number of hydrogen-bond donors (Lipinski definition) is 2. The van der Waals surface area contributed by atoms with Crippen LogP contribution in [0.25, 0.3) is 10.9 Å². The summed E-state index contributed by atoms with van der Waals surface area (Å²) in [4.78, 5) is 19.1. The van der Waals surface area contributed by atoms with E-state index in [0.29, 0.717) is 16.2 Å². The number of nitrogens with zero attached hydrogens (tertiary/aromatic N) is 1. The number of aromatic nitrogens is 2. The molecule has 0 radical (unpaired) electrons. The standard InChI is InChI=1S/C13H10FN3OS/c1-7-6-19-13(15-7)17-12(18)11-5-8-4-9(14)2-3-10(8)16-11/h2-6,16H,1H3,(H,15,17,18). The quantitative estimate of drug-likeness (QED) is 0.753. The normalized spacial score (nSPS) is 10.8. The summed E-state index contributed by atoms with van der Waals surface area (Å²) >= 11 is 1.36. The highest BCUT2D eigenvalue weighted by Crippen LogP contribution is 2.19. The summed E-state index contributed by atoms with van der Waals surface area (Å²) in [6.07, 6.45) is 0. The number of nitrogens with one attached hydrogen (secondary N) is 2. The van der Waals surface area contributed by atoms with E-state index >= 15 is 0 Å². The second-order valence-electron chi connectivity index (χ2n) is 4.16. The molecule has 96 valence electrons. The van der Waals surface area contributed by atoms with Crippen molar-refractivity contribution in [3.63, 3.8) is 0 Å². The van der Waals surface area contributed by atoms with E-state index in [1.807, 2.05) is 12.3 Å². The van der Waals surface area contributed by atoms with Gasteiger partial charge in [-0.3, -0.25) is 10.1 Å². The van der Waals surface area contributed by atoms with Gasteiger partial charge in [0.2, 0.25) is 0 Å². The molecule has 0 fully saturated rings. The van der Waals surface area contributed by atoms with Crippen LogP contribution in [0.1, 0.15) is 16.2 Å². The number of aromatic amines is 1. The summed E-state index contributed by atoms with van der Waals surface area (Å²) in [5.74, 6) is -0.611. The Morgan fingerprint density at radius 2 is 2.26 bits per heavy atom. The summed E-state index contributed by atoms with van der Waals surface area (Å²) in [7, 11) is 0. The molecule has 3 rings (SSSR count). The van der Waals surface area contributed by atoms with Crippen LogP contribution in [0.5, 0.6) is 0 Å². The number of fused-ring (bicyclic) bond motifs is 1. The van der Waals surface area contributed by atoms with Gasteiger partial charge in [0, 0.05) is 16.3 Å². The van der Waals surface area contributed by atoms with Gasteiger partial charge in [0.25, 0.3) is 5.91 Å². The molecule has 6 heteroatoms. The average Bonchev–Trinajstić information content (AvgIpc) is 2.95. The first-order chi connectivity index (χ1) is 9.11. The summed E-state index contributed by atoms with van der Waals surface area (Å²) in [5.41, 5.74) is 1.97. The van der Waals surface area contributed by atoms with Crippen molar-refractivity contribution in [3.05, 3.63) is 46.9 Å². The van der Waals surface area contributed by atoms with Gasteiger partial charge in [0.05, 0.1) is 5.69 Å². The molecule has 4 nitrogen and oxygen atoms in total. The Morgan fingerprint density at radius 1 is 1.42 bits per heavy atom. The molecule has 0 unspecified atom stereocenters. The molecule has 0 spiro atoms. The molecular formula is C13H10FN3OS. The number of H-pyrrole nitrogens is 1. The van der Waals surface area contributed by atoms with Gasteiger partial charge >= 0.3 is 0 Å². The Bertz CT molecular complexity index is 762. The minimum absolute atomic E-state index is 0.286. The molecular weight excluding hydrogens is 265 g/mol. The maximum absolute atomic E-state index is 13.1. The van der Waals surface area contributed by atoms with Crippen LogP contribution < -0.4 is 5.32 Å². The molecule has 2 heterocycles. The van der Waals surface area contributed by atoms with Crippen LogP contribution in [-0.2, 0) is 0 Å². The first-order valence-electron chi connectivity index (χ1n) is 5.63. The molecule has 0 atom stereocenters. The Hall–Kier alpha value is -2.21. The largest absolute Gasteiger partial charge is 0.351 e. The molecule has 0 aliphatic heterocycles. The number of rotatable bonds is 2. The molecule has 2 aromatic heterocycles. The maximum Gasteiger partial charge on any atom is 0.273 e. The SMILES string of the molecule is Cc1csc(NC(=O)c2cc3cc(F)ccc3[nH]2)n1. The maximum atomic E-state index is 13.1. The van der Waals surface area contributed by atoms with E-state index in [1.54, 1.807) is 12.1 Å². The monoisotopic (exact) mass is 275 g/mol. The minimum atomic E-state index is -0.325. The Morgan fingerprint density at radius 3 is 3.00 bits per heavy atom.